The number of rotatable bonds is 7. The van der Waals surface area contributed by atoms with Gasteiger partial charge in [0.1, 0.15) is 18.2 Å². The Hall–Kier alpha value is -3.64. The molecule has 156 valence electrons. The molecule has 5 nitrogen and oxygen atoms in total. The largest absolute Gasteiger partial charge is 0.487 e. The predicted molar refractivity (Wildman–Crippen MR) is 118 cm³/mol. The van der Waals surface area contributed by atoms with Crippen LogP contribution in [0.4, 0.5) is 10.1 Å². The number of anilines is 1. The maximum absolute atomic E-state index is 13.8. The Labute approximate surface area is 184 Å². The van der Waals surface area contributed by atoms with Crippen LogP contribution < -0.4 is 10.1 Å². The molecule has 7 heteroatoms. The van der Waals surface area contributed by atoms with Crippen molar-refractivity contribution in [3.63, 3.8) is 0 Å². The van der Waals surface area contributed by atoms with E-state index in [1.54, 1.807) is 59.4 Å². The number of halogens is 2. The Kier molecular flexibility index (Phi) is 6.29. The monoisotopic (exact) mass is 435 g/mol. The van der Waals surface area contributed by atoms with Crippen LogP contribution in [0.15, 0.2) is 85.2 Å². The second-order valence-corrected chi connectivity index (χ2v) is 7.30. The summed E-state index contributed by atoms with van der Waals surface area (Å²) in [7, 11) is 0. The highest BCUT2D eigenvalue weighted by molar-refractivity contribution is 6.32. The van der Waals surface area contributed by atoms with E-state index in [-0.39, 0.29) is 24.9 Å². The third kappa shape index (κ3) is 5.29. The lowest BCUT2D eigenvalue weighted by Crippen LogP contribution is -2.12. The van der Waals surface area contributed by atoms with Crippen LogP contribution in [0, 0.1) is 5.82 Å². The summed E-state index contributed by atoms with van der Waals surface area (Å²) in [5, 5.41) is 7.53. The van der Waals surface area contributed by atoms with Gasteiger partial charge in [-0.15, -0.1) is 0 Å². The Balaban J connectivity index is 1.39. The standard InChI is InChI=1S/C24H19ClFN3O2/c25-21-9-2-4-11-23(21)31-16-17-6-5-8-18(12-17)24(30)28-20-13-27-29(15-20)14-19-7-1-3-10-22(19)26/h1-13,15H,14,16H2,(H,28,30). The molecule has 3 aromatic carbocycles. The summed E-state index contributed by atoms with van der Waals surface area (Å²) in [6.07, 6.45) is 3.19. The van der Waals surface area contributed by atoms with E-state index in [4.69, 9.17) is 16.3 Å². The topological polar surface area (TPSA) is 56.2 Å². The maximum Gasteiger partial charge on any atom is 0.255 e. The van der Waals surface area contributed by atoms with Crippen molar-refractivity contribution in [3.05, 3.63) is 113 Å². The van der Waals surface area contributed by atoms with Crippen LogP contribution in [0.3, 0.4) is 0 Å². The van der Waals surface area contributed by atoms with E-state index in [1.165, 1.54) is 12.3 Å². The zero-order valence-electron chi connectivity index (χ0n) is 16.5. The molecule has 0 unspecified atom stereocenters. The fraction of sp³-hybridized carbons (Fsp3) is 0.0833. The van der Waals surface area contributed by atoms with E-state index < -0.39 is 0 Å². The number of aromatic nitrogens is 2. The van der Waals surface area contributed by atoms with Crippen molar-refractivity contribution in [1.82, 2.24) is 9.78 Å². The van der Waals surface area contributed by atoms with Gasteiger partial charge in [-0.25, -0.2) is 4.39 Å². The van der Waals surface area contributed by atoms with Gasteiger partial charge in [0, 0.05) is 17.3 Å². The molecule has 0 aliphatic rings. The van der Waals surface area contributed by atoms with Crippen molar-refractivity contribution in [2.75, 3.05) is 5.32 Å². The van der Waals surface area contributed by atoms with E-state index in [0.29, 0.717) is 27.6 Å². The van der Waals surface area contributed by atoms with Gasteiger partial charge in [-0.1, -0.05) is 54.1 Å². The Bertz CT molecular complexity index is 1210. The molecule has 0 aliphatic heterocycles. The number of benzene rings is 3. The smallest absolute Gasteiger partial charge is 0.255 e. The molecule has 0 bridgehead atoms. The van der Waals surface area contributed by atoms with Gasteiger partial charge in [0.05, 0.1) is 23.5 Å². The number of nitrogens with zero attached hydrogens (tertiary/aromatic N) is 2. The van der Waals surface area contributed by atoms with Gasteiger partial charge in [-0.2, -0.15) is 5.10 Å². The summed E-state index contributed by atoms with van der Waals surface area (Å²) < 4.78 is 21.1. The minimum Gasteiger partial charge on any atom is -0.487 e. The molecule has 31 heavy (non-hydrogen) atoms. The molecular weight excluding hydrogens is 417 g/mol. The van der Waals surface area contributed by atoms with Crippen LogP contribution in [-0.2, 0) is 13.2 Å². The van der Waals surface area contributed by atoms with Crippen molar-refractivity contribution in [1.29, 1.82) is 0 Å². The Morgan fingerprint density at radius 1 is 1.06 bits per heavy atom. The number of ether oxygens (including phenoxy) is 1. The lowest BCUT2D eigenvalue weighted by Gasteiger charge is -2.09. The highest BCUT2D eigenvalue weighted by Crippen LogP contribution is 2.24. The fourth-order valence-electron chi connectivity index (χ4n) is 3.04. The number of hydrogen-bond acceptors (Lipinski definition) is 3. The van der Waals surface area contributed by atoms with Crippen LogP contribution in [0.1, 0.15) is 21.5 Å². The van der Waals surface area contributed by atoms with E-state index in [2.05, 4.69) is 10.4 Å². The molecule has 1 N–H and O–H groups in total. The summed E-state index contributed by atoms with van der Waals surface area (Å²) >= 11 is 6.11. The lowest BCUT2D eigenvalue weighted by atomic mass is 10.1. The molecule has 0 spiro atoms. The summed E-state index contributed by atoms with van der Waals surface area (Å²) in [4.78, 5) is 12.6. The molecular formula is C24H19ClFN3O2. The maximum atomic E-state index is 13.8. The highest BCUT2D eigenvalue weighted by Gasteiger charge is 2.10. The molecule has 0 atom stereocenters. The third-order valence-corrected chi connectivity index (χ3v) is 4.91. The summed E-state index contributed by atoms with van der Waals surface area (Å²) in [6.45, 7) is 0.558. The molecule has 1 heterocycles. The molecule has 0 fully saturated rings. The molecule has 1 amide bonds. The first kappa shape index (κ1) is 20.6. The SMILES string of the molecule is O=C(Nc1cnn(Cc2ccccc2F)c1)c1cccc(COc2ccccc2Cl)c1. The van der Waals surface area contributed by atoms with Crippen molar-refractivity contribution in [2.45, 2.75) is 13.2 Å². The number of carbonyl (C=O) groups excluding carboxylic acids is 1. The van der Waals surface area contributed by atoms with Gasteiger partial charge in [-0.3, -0.25) is 9.48 Å². The molecule has 0 saturated heterocycles. The summed E-state index contributed by atoms with van der Waals surface area (Å²) in [5.41, 5.74) is 2.37. The van der Waals surface area contributed by atoms with E-state index >= 15 is 0 Å². The second-order valence-electron chi connectivity index (χ2n) is 6.89. The molecule has 4 rings (SSSR count). The summed E-state index contributed by atoms with van der Waals surface area (Å²) in [5.74, 6) is 0.0192. The number of hydrogen-bond donors (Lipinski definition) is 1. The van der Waals surface area contributed by atoms with Crippen LogP contribution in [-0.4, -0.2) is 15.7 Å². The fourth-order valence-corrected chi connectivity index (χ4v) is 3.23. The first-order chi connectivity index (χ1) is 15.1. The highest BCUT2D eigenvalue weighted by atomic mass is 35.5. The quantitative estimate of drug-likeness (QED) is 0.413. The number of para-hydroxylation sites is 1. The van der Waals surface area contributed by atoms with Crippen molar-refractivity contribution >= 4 is 23.2 Å². The van der Waals surface area contributed by atoms with Crippen LogP contribution in [0.25, 0.3) is 0 Å². The summed E-state index contributed by atoms with van der Waals surface area (Å²) in [6, 6.07) is 20.9. The molecule has 4 aromatic rings. The average molecular weight is 436 g/mol. The zero-order valence-corrected chi connectivity index (χ0v) is 17.2. The Morgan fingerprint density at radius 3 is 2.71 bits per heavy atom. The third-order valence-electron chi connectivity index (χ3n) is 4.60. The van der Waals surface area contributed by atoms with Gasteiger partial charge in [0.15, 0.2) is 0 Å². The van der Waals surface area contributed by atoms with Gasteiger partial charge < -0.3 is 10.1 Å². The Morgan fingerprint density at radius 2 is 1.87 bits per heavy atom. The van der Waals surface area contributed by atoms with E-state index in [9.17, 15) is 9.18 Å². The van der Waals surface area contributed by atoms with Crippen molar-refractivity contribution in [3.8, 4) is 5.75 Å². The van der Waals surface area contributed by atoms with Gasteiger partial charge in [-0.05, 0) is 35.9 Å². The normalized spacial score (nSPS) is 10.6. The number of nitrogens with one attached hydrogen (secondary N) is 1. The predicted octanol–water partition coefficient (Wildman–Crippen LogP) is 5.56. The molecule has 1 aromatic heterocycles. The number of amides is 1. The minimum atomic E-state index is -0.292. The first-order valence-electron chi connectivity index (χ1n) is 9.62. The first-order valence-corrected chi connectivity index (χ1v) is 10.00. The van der Waals surface area contributed by atoms with Crippen molar-refractivity contribution in [2.24, 2.45) is 0 Å². The van der Waals surface area contributed by atoms with Gasteiger partial charge in [0.25, 0.3) is 5.91 Å². The number of carbonyl (C=O) groups is 1. The van der Waals surface area contributed by atoms with Crippen LogP contribution in [0.5, 0.6) is 5.75 Å². The lowest BCUT2D eigenvalue weighted by molar-refractivity contribution is 0.102. The zero-order chi connectivity index (χ0) is 21.6. The van der Waals surface area contributed by atoms with E-state index in [1.807, 2.05) is 18.2 Å². The minimum absolute atomic E-state index is 0.273. The van der Waals surface area contributed by atoms with Gasteiger partial charge >= 0.3 is 0 Å². The molecule has 0 radical (unpaired) electrons. The van der Waals surface area contributed by atoms with Crippen molar-refractivity contribution < 1.29 is 13.9 Å². The van der Waals surface area contributed by atoms with Crippen LogP contribution >= 0.6 is 11.6 Å². The second kappa shape index (κ2) is 9.45. The van der Waals surface area contributed by atoms with Crippen LogP contribution in [0.2, 0.25) is 5.02 Å². The van der Waals surface area contributed by atoms with Gasteiger partial charge in [0.2, 0.25) is 0 Å². The molecule has 0 aliphatic carbocycles. The average Bonchev–Trinajstić information content (AvgIpc) is 3.22. The molecule has 0 saturated carbocycles. The van der Waals surface area contributed by atoms with E-state index in [0.717, 1.165) is 5.56 Å².